The molecule has 0 radical (unpaired) electrons. The molecule has 2 N–H and O–H groups in total. The molecule has 0 amide bonds. The van der Waals surface area contributed by atoms with E-state index in [0.29, 0.717) is 18.0 Å². The third kappa shape index (κ3) is 4.40. The number of rotatable bonds is 8. The molecule has 0 aliphatic heterocycles. The monoisotopic (exact) mass is 360 g/mol. The number of benzene rings is 1. The van der Waals surface area contributed by atoms with E-state index in [0.717, 1.165) is 24.2 Å². The Morgan fingerprint density at radius 1 is 1.31 bits per heavy atom. The number of hydrogen-bond donors (Lipinski definition) is 2. The van der Waals surface area contributed by atoms with Crippen LogP contribution < -0.4 is 16.0 Å². The number of methoxy groups -OCH3 is 1. The molecule has 2 rings (SSSR count). The van der Waals surface area contributed by atoms with Gasteiger partial charge in [0.1, 0.15) is 11.3 Å². The molecule has 8 heteroatoms. The number of aromatic hydroxyl groups is 1. The van der Waals surface area contributed by atoms with Crippen LogP contribution in [0.3, 0.4) is 0 Å². The maximum absolute atomic E-state index is 12.2. The standard InChI is InChI=1S/C18H24N4O4/c1-4-21(5-2)10-9-19-12-15-16(23)20-18(25)22(17(15)24)13-7-6-8-14(11-13)26-3/h6-8,11-12,24H,4-5,9-10H2,1-3H3,(H,20,23,25). The van der Waals surface area contributed by atoms with Gasteiger partial charge in [-0.2, -0.15) is 0 Å². The second-order valence-corrected chi connectivity index (χ2v) is 5.60. The minimum atomic E-state index is -0.735. The summed E-state index contributed by atoms with van der Waals surface area (Å²) in [5.41, 5.74) is -1.10. The first-order valence-corrected chi connectivity index (χ1v) is 8.46. The predicted molar refractivity (Wildman–Crippen MR) is 101 cm³/mol. The number of aliphatic imine (C=N–C) groups is 1. The molecule has 0 unspecified atom stereocenters. The fraction of sp³-hybridized carbons (Fsp3) is 0.389. The summed E-state index contributed by atoms with van der Waals surface area (Å²) in [5.74, 6) is 0.0630. The molecule has 1 aromatic heterocycles. The Hall–Kier alpha value is -2.87. The lowest BCUT2D eigenvalue weighted by Gasteiger charge is -2.15. The van der Waals surface area contributed by atoms with Crippen molar-refractivity contribution >= 4 is 6.21 Å². The van der Waals surface area contributed by atoms with Gasteiger partial charge in [-0.25, -0.2) is 9.36 Å². The van der Waals surface area contributed by atoms with Crippen molar-refractivity contribution in [3.63, 3.8) is 0 Å². The number of nitrogens with zero attached hydrogens (tertiary/aromatic N) is 3. The van der Waals surface area contributed by atoms with Gasteiger partial charge in [-0.3, -0.25) is 14.8 Å². The maximum atomic E-state index is 12.2. The molecule has 0 fully saturated rings. The Morgan fingerprint density at radius 3 is 2.69 bits per heavy atom. The number of likely N-dealkylation sites (N-methyl/N-ethyl adjacent to an activating group) is 1. The van der Waals surface area contributed by atoms with Gasteiger partial charge < -0.3 is 14.7 Å². The summed E-state index contributed by atoms with van der Waals surface area (Å²) < 4.78 is 6.14. The Bertz CT molecular complexity index is 881. The van der Waals surface area contributed by atoms with E-state index in [4.69, 9.17) is 4.74 Å². The van der Waals surface area contributed by atoms with E-state index in [2.05, 4.69) is 28.7 Å². The van der Waals surface area contributed by atoms with E-state index in [1.165, 1.54) is 13.3 Å². The van der Waals surface area contributed by atoms with Crippen molar-refractivity contribution in [2.24, 2.45) is 4.99 Å². The van der Waals surface area contributed by atoms with Crippen molar-refractivity contribution < 1.29 is 9.84 Å². The smallest absolute Gasteiger partial charge is 0.335 e. The SMILES string of the molecule is CCN(CC)CCN=Cc1c(O)n(-c2cccc(OC)c2)c(=O)[nH]c1=O. The van der Waals surface area contributed by atoms with Gasteiger partial charge in [0.15, 0.2) is 0 Å². The zero-order valence-corrected chi connectivity index (χ0v) is 15.2. The molecule has 26 heavy (non-hydrogen) atoms. The van der Waals surface area contributed by atoms with Crippen molar-refractivity contribution in [1.29, 1.82) is 0 Å². The van der Waals surface area contributed by atoms with E-state index >= 15 is 0 Å². The van der Waals surface area contributed by atoms with Crippen LogP contribution >= 0.6 is 0 Å². The molecule has 140 valence electrons. The van der Waals surface area contributed by atoms with E-state index in [1.807, 2.05) is 0 Å². The lowest BCUT2D eigenvalue weighted by molar-refractivity contribution is 0.313. The summed E-state index contributed by atoms with van der Waals surface area (Å²) in [6.45, 7) is 7.19. The molecule has 1 aromatic carbocycles. The van der Waals surface area contributed by atoms with Gasteiger partial charge in [-0.1, -0.05) is 19.9 Å². The first kappa shape index (κ1) is 19.5. The quantitative estimate of drug-likeness (QED) is 0.684. The molecule has 0 spiro atoms. The van der Waals surface area contributed by atoms with Crippen molar-refractivity contribution in [2.45, 2.75) is 13.8 Å². The Labute approximate surface area is 151 Å². The zero-order chi connectivity index (χ0) is 19.1. The van der Waals surface area contributed by atoms with Crippen LogP contribution in [0, 0.1) is 0 Å². The average Bonchev–Trinajstić information content (AvgIpc) is 2.64. The minimum Gasteiger partial charge on any atom is -0.497 e. The van der Waals surface area contributed by atoms with Crippen LogP contribution in [-0.2, 0) is 0 Å². The molecular weight excluding hydrogens is 336 g/mol. The van der Waals surface area contributed by atoms with Gasteiger partial charge in [0.05, 0.1) is 19.3 Å². The molecule has 0 bridgehead atoms. The number of aromatic nitrogens is 2. The lowest BCUT2D eigenvalue weighted by Crippen LogP contribution is -2.31. The molecule has 1 heterocycles. The largest absolute Gasteiger partial charge is 0.497 e. The average molecular weight is 360 g/mol. The summed E-state index contributed by atoms with van der Waals surface area (Å²) in [7, 11) is 1.50. The molecule has 8 nitrogen and oxygen atoms in total. The molecular formula is C18H24N4O4. The van der Waals surface area contributed by atoms with Gasteiger partial charge >= 0.3 is 5.69 Å². The molecule has 0 saturated carbocycles. The van der Waals surface area contributed by atoms with E-state index < -0.39 is 17.1 Å². The molecule has 0 saturated heterocycles. The number of hydrogen-bond acceptors (Lipinski definition) is 6. The van der Waals surface area contributed by atoms with Crippen molar-refractivity contribution in [2.75, 3.05) is 33.3 Å². The van der Waals surface area contributed by atoms with Crippen LogP contribution in [0.5, 0.6) is 11.6 Å². The Morgan fingerprint density at radius 2 is 2.04 bits per heavy atom. The van der Waals surface area contributed by atoms with E-state index in [1.54, 1.807) is 24.3 Å². The molecule has 0 aliphatic carbocycles. The number of ether oxygens (including phenoxy) is 1. The third-order valence-corrected chi connectivity index (χ3v) is 4.09. The summed E-state index contributed by atoms with van der Waals surface area (Å²) in [5, 5.41) is 10.5. The predicted octanol–water partition coefficient (Wildman–Crippen LogP) is 1.00. The van der Waals surface area contributed by atoms with Crippen LogP contribution in [0.25, 0.3) is 5.69 Å². The van der Waals surface area contributed by atoms with Gasteiger partial charge in [-0.15, -0.1) is 0 Å². The highest BCUT2D eigenvalue weighted by Gasteiger charge is 2.14. The Kier molecular flexibility index (Phi) is 6.74. The van der Waals surface area contributed by atoms with Gasteiger partial charge in [0.2, 0.25) is 5.88 Å². The van der Waals surface area contributed by atoms with E-state index in [9.17, 15) is 14.7 Å². The zero-order valence-electron chi connectivity index (χ0n) is 15.2. The van der Waals surface area contributed by atoms with Crippen LogP contribution in [-0.4, -0.2) is 59.1 Å². The van der Waals surface area contributed by atoms with E-state index in [-0.39, 0.29) is 5.56 Å². The lowest BCUT2D eigenvalue weighted by atomic mass is 10.2. The van der Waals surface area contributed by atoms with Crippen molar-refractivity contribution in [3.8, 4) is 17.3 Å². The van der Waals surface area contributed by atoms with Gasteiger partial charge in [0, 0.05) is 18.8 Å². The fourth-order valence-corrected chi connectivity index (χ4v) is 2.54. The fourth-order valence-electron chi connectivity index (χ4n) is 2.54. The normalized spacial score (nSPS) is 11.4. The number of nitrogens with one attached hydrogen (secondary N) is 1. The second-order valence-electron chi connectivity index (χ2n) is 5.60. The van der Waals surface area contributed by atoms with Gasteiger partial charge in [0.25, 0.3) is 5.56 Å². The van der Waals surface area contributed by atoms with Crippen LogP contribution in [0.4, 0.5) is 0 Å². The topological polar surface area (TPSA) is 99.9 Å². The summed E-state index contributed by atoms with van der Waals surface area (Å²) in [4.78, 5) is 32.8. The molecule has 0 atom stereocenters. The number of aromatic amines is 1. The van der Waals surface area contributed by atoms with Crippen molar-refractivity contribution in [1.82, 2.24) is 14.5 Å². The second kappa shape index (κ2) is 9.00. The molecule has 0 aliphatic rings. The number of H-pyrrole nitrogens is 1. The van der Waals surface area contributed by atoms with Crippen LogP contribution in [0.2, 0.25) is 0 Å². The summed E-state index contributed by atoms with van der Waals surface area (Å²) >= 11 is 0. The highest BCUT2D eigenvalue weighted by atomic mass is 16.5. The minimum absolute atomic E-state index is 0.0630. The summed E-state index contributed by atoms with van der Waals surface area (Å²) in [6, 6.07) is 6.61. The molecule has 2 aromatic rings. The third-order valence-electron chi connectivity index (χ3n) is 4.09. The Balaban J connectivity index is 2.37. The highest BCUT2D eigenvalue weighted by Crippen LogP contribution is 2.19. The van der Waals surface area contributed by atoms with Crippen LogP contribution in [0.1, 0.15) is 19.4 Å². The maximum Gasteiger partial charge on any atom is 0.335 e. The highest BCUT2D eigenvalue weighted by molar-refractivity contribution is 5.82. The van der Waals surface area contributed by atoms with Gasteiger partial charge in [-0.05, 0) is 25.2 Å². The van der Waals surface area contributed by atoms with Crippen molar-refractivity contribution in [3.05, 3.63) is 50.7 Å². The first-order valence-electron chi connectivity index (χ1n) is 8.46. The first-order chi connectivity index (χ1) is 12.5. The van der Waals surface area contributed by atoms with Crippen LogP contribution in [0.15, 0.2) is 38.8 Å². The summed E-state index contributed by atoms with van der Waals surface area (Å²) in [6.07, 6.45) is 1.30.